The van der Waals surface area contributed by atoms with E-state index in [1.807, 2.05) is 6.08 Å². The Morgan fingerprint density at radius 3 is 2.62 bits per heavy atom. The lowest BCUT2D eigenvalue weighted by atomic mass is 9.74. The van der Waals surface area contributed by atoms with Crippen LogP contribution in [-0.2, 0) is 28.7 Å². The summed E-state index contributed by atoms with van der Waals surface area (Å²) in [5, 5.41) is 13.3. The molecule has 2 saturated heterocycles. The third-order valence-electron chi connectivity index (χ3n) is 7.86. The number of nitrogens with one attached hydrogen (secondary N) is 1. The predicted molar refractivity (Wildman–Crippen MR) is 142 cm³/mol. The average Bonchev–Trinajstić information content (AvgIpc) is 3.56. The van der Waals surface area contributed by atoms with Crippen molar-refractivity contribution >= 4 is 41.0 Å². The molecule has 4 heterocycles. The SMILES string of the molecule is C[C@H](CO)N1C(=O)[C@@H]2[C@H]3C(=O)O[C@@H](C)CNC(=O)CC/C=C\CN(c4ccc(Cl)cc4)C(=O)[C@@H]1[C@]21C=C[C@H]3O1. The minimum absolute atomic E-state index is 0.130. The molecule has 2 fully saturated rings. The number of allylic oxidation sites excluding steroid dienone is 1. The molecule has 0 aromatic heterocycles. The number of carbonyl (C=O) groups excluding carboxylic acids is 4. The number of ether oxygens (including phenoxy) is 2. The Morgan fingerprint density at radius 1 is 1.15 bits per heavy atom. The number of benzene rings is 1. The lowest BCUT2D eigenvalue weighted by molar-refractivity contribution is -0.158. The summed E-state index contributed by atoms with van der Waals surface area (Å²) in [5.74, 6) is -3.65. The van der Waals surface area contributed by atoms with Crippen LogP contribution in [0.3, 0.4) is 0 Å². The van der Waals surface area contributed by atoms with Gasteiger partial charge in [-0.05, 0) is 44.5 Å². The topological polar surface area (TPSA) is 125 Å². The van der Waals surface area contributed by atoms with Gasteiger partial charge in [0, 0.05) is 23.7 Å². The van der Waals surface area contributed by atoms with E-state index in [2.05, 4.69) is 5.32 Å². The van der Waals surface area contributed by atoms with E-state index >= 15 is 0 Å². The summed E-state index contributed by atoms with van der Waals surface area (Å²) in [7, 11) is 0. The van der Waals surface area contributed by atoms with Gasteiger partial charge in [-0.25, -0.2) is 0 Å². The molecule has 11 heteroatoms. The lowest BCUT2D eigenvalue weighted by Crippen LogP contribution is -2.58. The number of hydrogen-bond acceptors (Lipinski definition) is 7. The number of carbonyl (C=O) groups is 4. The number of aliphatic hydroxyl groups excluding tert-OH is 1. The highest BCUT2D eigenvalue weighted by molar-refractivity contribution is 6.30. The Bertz CT molecular complexity index is 1220. The molecule has 7 atom stereocenters. The second-order valence-corrected chi connectivity index (χ2v) is 10.9. The fourth-order valence-corrected chi connectivity index (χ4v) is 6.11. The number of nitrogens with zero attached hydrogens (tertiary/aromatic N) is 2. The largest absolute Gasteiger partial charge is 0.460 e. The van der Waals surface area contributed by atoms with Crippen molar-refractivity contribution in [2.45, 2.75) is 56.6 Å². The molecule has 4 aliphatic rings. The van der Waals surface area contributed by atoms with E-state index in [1.54, 1.807) is 56.3 Å². The summed E-state index contributed by atoms with van der Waals surface area (Å²) in [6, 6.07) is 4.92. The van der Waals surface area contributed by atoms with E-state index in [4.69, 9.17) is 21.1 Å². The molecule has 5 bridgehead atoms. The van der Waals surface area contributed by atoms with Gasteiger partial charge >= 0.3 is 5.97 Å². The maximum atomic E-state index is 14.5. The predicted octanol–water partition coefficient (Wildman–Crippen LogP) is 1.60. The fraction of sp³-hybridized carbons (Fsp3) is 0.500. The lowest BCUT2D eigenvalue weighted by Gasteiger charge is -2.37. The molecule has 0 unspecified atom stereocenters. The van der Waals surface area contributed by atoms with Gasteiger partial charge in [-0.3, -0.25) is 19.2 Å². The van der Waals surface area contributed by atoms with Gasteiger partial charge in [-0.15, -0.1) is 0 Å². The molecule has 1 aromatic carbocycles. The maximum Gasteiger partial charge on any atom is 0.313 e. The molecule has 39 heavy (non-hydrogen) atoms. The third kappa shape index (κ3) is 4.74. The summed E-state index contributed by atoms with van der Waals surface area (Å²) >= 11 is 6.10. The smallest absolute Gasteiger partial charge is 0.313 e. The van der Waals surface area contributed by atoms with Gasteiger partial charge in [0.1, 0.15) is 23.7 Å². The first-order valence-corrected chi connectivity index (χ1v) is 13.5. The summed E-state index contributed by atoms with van der Waals surface area (Å²) in [4.78, 5) is 57.0. The van der Waals surface area contributed by atoms with Gasteiger partial charge in [-0.1, -0.05) is 35.9 Å². The molecule has 5 rings (SSSR count). The van der Waals surface area contributed by atoms with Gasteiger partial charge < -0.3 is 29.7 Å². The van der Waals surface area contributed by atoms with Crippen molar-refractivity contribution in [1.29, 1.82) is 0 Å². The van der Waals surface area contributed by atoms with Gasteiger partial charge in [0.25, 0.3) is 5.91 Å². The molecular formula is C28H32ClN3O7. The Labute approximate surface area is 231 Å². The van der Waals surface area contributed by atoms with Crippen LogP contribution in [0.1, 0.15) is 26.7 Å². The first-order chi connectivity index (χ1) is 18.7. The van der Waals surface area contributed by atoms with Crippen molar-refractivity contribution in [3.8, 4) is 0 Å². The first-order valence-electron chi connectivity index (χ1n) is 13.2. The fourth-order valence-electron chi connectivity index (χ4n) is 5.99. The number of aliphatic hydroxyl groups is 1. The molecule has 0 aliphatic carbocycles. The minimum Gasteiger partial charge on any atom is -0.460 e. The van der Waals surface area contributed by atoms with Crippen LogP contribution >= 0.6 is 11.6 Å². The molecule has 3 amide bonds. The van der Waals surface area contributed by atoms with Crippen molar-refractivity contribution in [2.75, 3.05) is 24.6 Å². The normalized spacial score (nSPS) is 34.6. The van der Waals surface area contributed by atoms with Crippen molar-refractivity contribution in [2.24, 2.45) is 11.8 Å². The molecule has 4 aliphatic heterocycles. The molecule has 1 spiro atoms. The summed E-state index contributed by atoms with van der Waals surface area (Å²) in [6.45, 7) is 3.23. The first kappa shape index (κ1) is 27.4. The number of likely N-dealkylation sites (tertiary alicyclic amines) is 1. The van der Waals surface area contributed by atoms with Crippen molar-refractivity contribution in [3.63, 3.8) is 0 Å². The zero-order valence-electron chi connectivity index (χ0n) is 21.8. The zero-order chi connectivity index (χ0) is 27.9. The van der Waals surface area contributed by atoms with Gasteiger partial charge in [0.05, 0.1) is 31.2 Å². The van der Waals surface area contributed by atoms with Crippen LogP contribution in [-0.4, -0.2) is 83.3 Å². The number of cyclic esters (lactones) is 1. The molecule has 208 valence electrons. The number of rotatable bonds is 3. The van der Waals surface area contributed by atoms with Gasteiger partial charge in [0.2, 0.25) is 11.8 Å². The monoisotopic (exact) mass is 557 g/mol. The van der Waals surface area contributed by atoms with Crippen LogP contribution < -0.4 is 10.2 Å². The Balaban J connectivity index is 1.60. The molecule has 2 N–H and O–H groups in total. The van der Waals surface area contributed by atoms with E-state index in [-0.39, 0.29) is 32.0 Å². The molecule has 0 saturated carbocycles. The van der Waals surface area contributed by atoms with E-state index < -0.39 is 59.5 Å². The highest BCUT2D eigenvalue weighted by atomic mass is 35.5. The Morgan fingerprint density at radius 2 is 1.90 bits per heavy atom. The van der Waals surface area contributed by atoms with E-state index in [0.29, 0.717) is 17.1 Å². The van der Waals surface area contributed by atoms with Crippen molar-refractivity contribution in [1.82, 2.24) is 10.2 Å². The van der Waals surface area contributed by atoms with Crippen LogP contribution in [0.2, 0.25) is 5.02 Å². The molecular weight excluding hydrogens is 526 g/mol. The average molecular weight is 558 g/mol. The van der Waals surface area contributed by atoms with E-state index in [9.17, 15) is 24.3 Å². The number of anilines is 1. The van der Waals surface area contributed by atoms with Crippen molar-refractivity contribution in [3.05, 3.63) is 53.6 Å². The summed E-state index contributed by atoms with van der Waals surface area (Å²) in [5.41, 5.74) is -0.846. The van der Waals surface area contributed by atoms with Crippen LogP contribution in [0, 0.1) is 11.8 Å². The zero-order valence-corrected chi connectivity index (χ0v) is 22.5. The molecule has 10 nitrogen and oxygen atoms in total. The second-order valence-electron chi connectivity index (χ2n) is 10.5. The number of halogens is 1. The van der Waals surface area contributed by atoms with E-state index in [1.165, 1.54) is 9.80 Å². The van der Waals surface area contributed by atoms with E-state index in [0.717, 1.165) is 0 Å². The van der Waals surface area contributed by atoms with Gasteiger partial charge in [0.15, 0.2) is 0 Å². The van der Waals surface area contributed by atoms with Crippen LogP contribution in [0.4, 0.5) is 5.69 Å². The standard InChI is InChI=1S/C28H32ClN3O7/c1-16(15-33)32-24-26(36)31(19-9-7-18(29)8-10-19)13-5-3-4-6-21(34)30-14-17(2)38-27(37)22-20-11-12-28(24,39-20)23(22)25(32)35/h3,5,7-12,16-17,20,22-24,33H,4,6,13-15H2,1-2H3,(H,30,34)/b5-3-/t16-,17+,20-,22+,23+,24-,28+/m1/s1. The van der Waals surface area contributed by atoms with Crippen LogP contribution in [0.25, 0.3) is 0 Å². The number of esters is 1. The van der Waals surface area contributed by atoms with Crippen LogP contribution in [0.15, 0.2) is 48.6 Å². The maximum absolute atomic E-state index is 14.5. The number of hydrogen-bond donors (Lipinski definition) is 2. The highest BCUT2D eigenvalue weighted by Gasteiger charge is 2.74. The molecule has 0 radical (unpaired) electrons. The van der Waals surface area contributed by atoms with Crippen LogP contribution in [0.5, 0.6) is 0 Å². The second kappa shape index (κ2) is 10.7. The highest BCUT2D eigenvalue weighted by Crippen LogP contribution is 2.56. The summed E-state index contributed by atoms with van der Waals surface area (Å²) < 4.78 is 12.0. The summed E-state index contributed by atoms with van der Waals surface area (Å²) in [6.07, 6.45) is 6.34. The minimum atomic E-state index is -1.40. The third-order valence-corrected chi connectivity index (χ3v) is 8.11. The molecule has 1 aromatic rings. The Hall–Kier alpha value is -3.21. The number of amides is 3. The van der Waals surface area contributed by atoms with Gasteiger partial charge in [-0.2, -0.15) is 0 Å². The van der Waals surface area contributed by atoms with Crippen molar-refractivity contribution < 1.29 is 33.8 Å². The Kier molecular flexibility index (Phi) is 7.54. The quantitative estimate of drug-likeness (QED) is 0.427. The number of fused-ring (bicyclic) bond motifs is 2.